The van der Waals surface area contributed by atoms with Gasteiger partial charge in [-0.15, -0.1) is 0 Å². The number of carbonyl (C=O) groups is 1. The van der Waals surface area contributed by atoms with E-state index in [1.54, 1.807) is 23.0 Å². The number of ketones is 1. The number of carbonyl (C=O) groups excluding carboxylic acids is 1. The lowest BCUT2D eigenvalue weighted by Gasteiger charge is -2.06. The molecule has 0 spiro atoms. The molecule has 0 fully saturated rings. The monoisotopic (exact) mass is 419 g/mol. The summed E-state index contributed by atoms with van der Waals surface area (Å²) in [7, 11) is 0. The molecule has 5 rings (SSSR count). The highest BCUT2D eigenvalue weighted by Crippen LogP contribution is 2.28. The Kier molecular flexibility index (Phi) is 5.03. The second-order valence-corrected chi connectivity index (χ2v) is 7.81. The third kappa shape index (κ3) is 3.90. The topological polar surface area (TPSA) is 73.6 Å². The molecule has 6 nitrogen and oxygen atoms in total. The lowest BCUT2D eigenvalue weighted by atomic mass is 9.99. The molecule has 1 aromatic heterocycles. The first-order valence-corrected chi connectivity index (χ1v) is 10.4. The van der Waals surface area contributed by atoms with E-state index in [0.29, 0.717) is 5.82 Å². The summed E-state index contributed by atoms with van der Waals surface area (Å²) in [6.45, 7) is 4.39. The molecule has 2 aromatic carbocycles. The van der Waals surface area contributed by atoms with Crippen LogP contribution in [0.15, 0.2) is 79.4 Å². The van der Waals surface area contributed by atoms with E-state index in [-0.39, 0.29) is 18.2 Å². The van der Waals surface area contributed by atoms with Gasteiger partial charge in [0.2, 0.25) is 5.78 Å². The lowest BCUT2D eigenvalue weighted by Crippen LogP contribution is -2.13. The summed E-state index contributed by atoms with van der Waals surface area (Å²) >= 11 is 0. The van der Waals surface area contributed by atoms with Crippen LogP contribution in [0.25, 0.3) is 33.9 Å². The van der Waals surface area contributed by atoms with Gasteiger partial charge in [0.25, 0.3) is 0 Å². The van der Waals surface area contributed by atoms with Crippen LogP contribution in [0.1, 0.15) is 21.7 Å². The molecule has 2 aliphatic rings. The van der Waals surface area contributed by atoms with Gasteiger partial charge in [0.15, 0.2) is 11.6 Å². The van der Waals surface area contributed by atoms with Crippen molar-refractivity contribution in [1.82, 2.24) is 24.5 Å². The molecule has 0 bridgehead atoms. The maximum Gasteiger partial charge on any atom is 0.219 e. The highest BCUT2D eigenvalue weighted by Gasteiger charge is 2.15. The predicted molar refractivity (Wildman–Crippen MR) is 123 cm³/mol. The van der Waals surface area contributed by atoms with Crippen LogP contribution < -0.4 is 0 Å². The van der Waals surface area contributed by atoms with Crippen LogP contribution in [0.3, 0.4) is 0 Å². The van der Waals surface area contributed by atoms with Crippen molar-refractivity contribution in [2.75, 3.05) is 0 Å². The van der Waals surface area contributed by atoms with E-state index in [9.17, 15) is 4.79 Å². The molecule has 0 radical (unpaired) electrons. The van der Waals surface area contributed by atoms with Gasteiger partial charge in [-0.3, -0.25) is 4.79 Å². The fourth-order valence-corrected chi connectivity index (χ4v) is 3.59. The molecule has 0 unspecified atom stereocenters. The Morgan fingerprint density at radius 3 is 2.25 bits per heavy atom. The molecule has 0 aliphatic carbocycles. The summed E-state index contributed by atoms with van der Waals surface area (Å²) < 4.78 is 1.78. The molecule has 0 saturated carbocycles. The van der Waals surface area contributed by atoms with E-state index >= 15 is 0 Å². The third-order valence-electron chi connectivity index (χ3n) is 5.55. The number of benzene rings is 2. The van der Waals surface area contributed by atoms with Crippen LogP contribution in [0.2, 0.25) is 0 Å². The van der Waals surface area contributed by atoms with E-state index in [1.807, 2.05) is 30.6 Å². The smallest absolute Gasteiger partial charge is 0.219 e. The highest BCUT2D eigenvalue weighted by atomic mass is 16.1. The molecule has 156 valence electrons. The molecule has 3 heterocycles. The minimum absolute atomic E-state index is 0.146. The number of nitrogens with zero attached hydrogens (tertiary/aromatic N) is 5. The number of pyridine rings is 1. The summed E-state index contributed by atoms with van der Waals surface area (Å²) in [5, 5.41) is 0. The zero-order chi connectivity index (χ0) is 22.1. The van der Waals surface area contributed by atoms with Gasteiger partial charge in [0.05, 0.1) is 12.2 Å². The van der Waals surface area contributed by atoms with Crippen LogP contribution in [-0.2, 0) is 6.54 Å². The van der Waals surface area contributed by atoms with Crippen molar-refractivity contribution in [2.24, 2.45) is 0 Å². The molecular weight excluding hydrogens is 398 g/mol. The normalized spacial score (nSPS) is 11.1. The van der Waals surface area contributed by atoms with Gasteiger partial charge >= 0.3 is 0 Å². The Morgan fingerprint density at radius 2 is 1.50 bits per heavy atom. The van der Waals surface area contributed by atoms with Gasteiger partial charge in [-0.05, 0) is 48.2 Å². The lowest BCUT2D eigenvalue weighted by molar-refractivity contribution is 0.0962. The molecule has 32 heavy (non-hydrogen) atoms. The van der Waals surface area contributed by atoms with Crippen LogP contribution in [0.4, 0.5) is 0 Å². The van der Waals surface area contributed by atoms with Crippen molar-refractivity contribution >= 4 is 5.78 Å². The number of hydrogen-bond acceptors (Lipinski definition) is 5. The average molecular weight is 419 g/mol. The highest BCUT2D eigenvalue weighted by molar-refractivity contribution is 5.92. The van der Waals surface area contributed by atoms with E-state index in [0.717, 1.165) is 22.5 Å². The van der Waals surface area contributed by atoms with E-state index in [1.165, 1.54) is 16.7 Å². The molecule has 3 aromatic rings. The number of aryl methyl sites for hydroxylation is 2. The summed E-state index contributed by atoms with van der Waals surface area (Å²) in [5.41, 5.74) is 7.41. The largest absolute Gasteiger partial charge is 0.344 e. The number of Topliss-reactive ketones (excluding diaryl/α,β-unsaturated/α-hetero) is 1. The van der Waals surface area contributed by atoms with Crippen molar-refractivity contribution in [1.29, 1.82) is 0 Å². The van der Waals surface area contributed by atoms with E-state index < -0.39 is 0 Å². The van der Waals surface area contributed by atoms with Crippen LogP contribution in [0.5, 0.6) is 0 Å². The summed E-state index contributed by atoms with van der Waals surface area (Å²) in [5.74, 6) is 0.719. The fraction of sp³-hybridized carbons (Fsp3) is 0.115. The van der Waals surface area contributed by atoms with Crippen molar-refractivity contribution in [3.63, 3.8) is 0 Å². The molecule has 0 N–H and O–H groups in total. The Balaban J connectivity index is 1.38. The number of rotatable bonds is 5. The molecule has 0 saturated heterocycles. The second-order valence-electron chi connectivity index (χ2n) is 7.81. The van der Waals surface area contributed by atoms with Crippen LogP contribution in [-0.4, -0.2) is 30.3 Å². The first-order chi connectivity index (χ1) is 15.6. The van der Waals surface area contributed by atoms with E-state index in [4.69, 9.17) is 0 Å². The number of fused-ring (bicyclic) bond motifs is 1. The first kappa shape index (κ1) is 19.8. The van der Waals surface area contributed by atoms with Crippen molar-refractivity contribution in [3.05, 3.63) is 96.3 Å². The number of imidazole rings is 1. The fourth-order valence-electron chi connectivity index (χ4n) is 3.59. The number of aromatic nitrogens is 5. The van der Waals surface area contributed by atoms with Crippen LogP contribution >= 0.6 is 0 Å². The number of hydrogen-bond donors (Lipinski definition) is 0. The third-order valence-corrected chi connectivity index (χ3v) is 5.55. The molecule has 0 atom stereocenters. The van der Waals surface area contributed by atoms with Gasteiger partial charge in [0, 0.05) is 30.4 Å². The quantitative estimate of drug-likeness (QED) is 0.375. The zero-order valence-corrected chi connectivity index (χ0v) is 17.9. The Morgan fingerprint density at radius 1 is 0.812 bits per heavy atom. The minimum Gasteiger partial charge on any atom is -0.344 e. The SMILES string of the molecule is Cc1ccc(-c2ccc(-c3nc4ccn(CC(=O)c5ncccn5)cc-4n3)cc2)cc1C. The zero-order valence-electron chi connectivity index (χ0n) is 17.9. The maximum atomic E-state index is 12.4. The van der Waals surface area contributed by atoms with Gasteiger partial charge < -0.3 is 4.57 Å². The van der Waals surface area contributed by atoms with Gasteiger partial charge in [-0.2, -0.15) is 0 Å². The maximum absolute atomic E-state index is 12.4. The predicted octanol–water partition coefficient (Wildman–Crippen LogP) is 5.01. The van der Waals surface area contributed by atoms with Crippen molar-refractivity contribution in [2.45, 2.75) is 20.4 Å². The summed E-state index contributed by atoms with van der Waals surface area (Å²) in [6, 6.07) is 18.3. The molecule has 6 heteroatoms. The molecule has 0 amide bonds. The minimum atomic E-state index is -0.156. The van der Waals surface area contributed by atoms with Crippen molar-refractivity contribution in [3.8, 4) is 33.9 Å². The Labute approximate surface area is 186 Å². The Bertz CT molecular complexity index is 1370. The van der Waals surface area contributed by atoms with Gasteiger partial charge in [-0.1, -0.05) is 42.5 Å². The average Bonchev–Trinajstić information content (AvgIpc) is 3.25. The standard InChI is InChI=1S/C26H21N5O/c1-17-4-5-21(14-18(17)2)19-6-8-20(9-7-19)25-29-22-10-13-31(15-23(22)30-25)16-24(32)26-27-11-3-12-28-26/h3-15H,16H2,1-2H3. The van der Waals surface area contributed by atoms with Crippen molar-refractivity contribution < 1.29 is 4.79 Å². The van der Waals surface area contributed by atoms with Gasteiger partial charge in [-0.25, -0.2) is 19.9 Å². The summed E-state index contributed by atoms with van der Waals surface area (Å²) in [6.07, 6.45) is 6.78. The second kappa shape index (κ2) is 8.15. The molecule has 2 aliphatic heterocycles. The Hall–Kier alpha value is -4.19. The van der Waals surface area contributed by atoms with E-state index in [2.05, 4.69) is 64.1 Å². The first-order valence-electron chi connectivity index (χ1n) is 10.4. The molecular formula is C26H21N5O. The summed E-state index contributed by atoms with van der Waals surface area (Å²) in [4.78, 5) is 29.8. The van der Waals surface area contributed by atoms with Crippen LogP contribution in [0, 0.1) is 13.8 Å². The van der Waals surface area contributed by atoms with Gasteiger partial charge in [0.1, 0.15) is 5.69 Å².